The molecule has 0 saturated carbocycles. The molecule has 3 heteroatoms. The molecule has 0 aliphatic carbocycles. The zero-order valence-corrected chi connectivity index (χ0v) is 6.36. The number of oxime groups is 1. The van der Waals surface area contributed by atoms with Gasteiger partial charge in [0.25, 0.3) is 0 Å². The van der Waals surface area contributed by atoms with Crippen molar-refractivity contribution in [1.82, 2.24) is 4.98 Å². The van der Waals surface area contributed by atoms with Crippen LogP contribution in [-0.4, -0.2) is 15.9 Å². The van der Waals surface area contributed by atoms with Crippen molar-refractivity contribution in [3.8, 4) is 0 Å². The highest BCUT2D eigenvalue weighted by atomic mass is 16.4. The number of hydrogen-bond acceptors (Lipinski definition) is 3. The molecule has 3 nitrogen and oxygen atoms in total. The van der Waals surface area contributed by atoms with Gasteiger partial charge < -0.3 is 5.21 Å². The first kappa shape index (κ1) is 7.72. The number of aromatic nitrogens is 1. The Morgan fingerprint density at radius 1 is 1.64 bits per heavy atom. The zero-order chi connectivity index (χ0) is 8.10. The first-order valence-electron chi connectivity index (χ1n) is 3.40. The van der Waals surface area contributed by atoms with E-state index >= 15 is 0 Å². The molecule has 1 rings (SSSR count). The molecule has 1 aromatic heterocycles. The molecule has 1 heterocycles. The van der Waals surface area contributed by atoms with Crippen LogP contribution in [0.5, 0.6) is 0 Å². The van der Waals surface area contributed by atoms with Crippen LogP contribution in [0.25, 0.3) is 0 Å². The second kappa shape index (κ2) is 3.71. The van der Waals surface area contributed by atoms with Crippen LogP contribution in [0, 0.1) is 0 Å². The van der Waals surface area contributed by atoms with E-state index in [-0.39, 0.29) is 0 Å². The van der Waals surface area contributed by atoms with Gasteiger partial charge in [0.1, 0.15) is 0 Å². The molecule has 11 heavy (non-hydrogen) atoms. The Morgan fingerprint density at radius 3 is 3.00 bits per heavy atom. The van der Waals surface area contributed by atoms with Gasteiger partial charge in [-0.3, -0.25) is 4.98 Å². The predicted molar refractivity (Wildman–Crippen MR) is 42.8 cm³/mol. The van der Waals surface area contributed by atoms with Crippen molar-refractivity contribution in [3.63, 3.8) is 0 Å². The third kappa shape index (κ3) is 2.37. The van der Waals surface area contributed by atoms with Crippen molar-refractivity contribution in [2.75, 3.05) is 0 Å². The normalized spacial score (nSPS) is 11.5. The molecular weight excluding hydrogens is 140 g/mol. The second-order valence-corrected chi connectivity index (χ2v) is 2.33. The molecule has 0 fully saturated rings. The molecule has 0 unspecified atom stereocenters. The molecule has 0 amide bonds. The van der Waals surface area contributed by atoms with Gasteiger partial charge in [-0.1, -0.05) is 11.2 Å². The van der Waals surface area contributed by atoms with E-state index in [1.54, 1.807) is 13.1 Å². The van der Waals surface area contributed by atoms with Gasteiger partial charge in [-0.15, -0.1) is 0 Å². The van der Waals surface area contributed by atoms with Crippen LogP contribution in [0.15, 0.2) is 29.6 Å². The first-order valence-corrected chi connectivity index (χ1v) is 3.40. The van der Waals surface area contributed by atoms with E-state index in [1.807, 2.05) is 18.2 Å². The fourth-order valence-electron chi connectivity index (χ4n) is 0.800. The molecule has 1 aromatic rings. The minimum absolute atomic E-state index is 0.608. The monoisotopic (exact) mass is 150 g/mol. The molecule has 0 aromatic carbocycles. The molecule has 0 radical (unpaired) electrons. The number of nitrogens with zero attached hydrogens (tertiary/aromatic N) is 2. The van der Waals surface area contributed by atoms with Crippen molar-refractivity contribution in [2.24, 2.45) is 5.16 Å². The summed E-state index contributed by atoms with van der Waals surface area (Å²) in [5.74, 6) is 0. The van der Waals surface area contributed by atoms with Crippen LogP contribution in [0.1, 0.15) is 12.6 Å². The Balaban J connectivity index is 2.65. The van der Waals surface area contributed by atoms with Gasteiger partial charge in [0.05, 0.1) is 5.71 Å². The van der Waals surface area contributed by atoms with Gasteiger partial charge in [0.2, 0.25) is 0 Å². The van der Waals surface area contributed by atoms with Crippen molar-refractivity contribution < 1.29 is 5.21 Å². The summed E-state index contributed by atoms with van der Waals surface area (Å²) in [7, 11) is 0. The average Bonchev–Trinajstić information content (AvgIpc) is 2.06. The van der Waals surface area contributed by atoms with Gasteiger partial charge >= 0.3 is 0 Å². The molecule has 0 saturated heterocycles. The smallest absolute Gasteiger partial charge is 0.0599 e. The molecule has 0 atom stereocenters. The number of hydrogen-bond donors (Lipinski definition) is 1. The topological polar surface area (TPSA) is 45.5 Å². The standard InChI is InChI=1S/C8H10N2O/c1-7(10-11)6-8-4-2-3-5-9-8/h2-5,11H,6H2,1H3/b10-7-. The largest absolute Gasteiger partial charge is 0.411 e. The molecule has 0 aliphatic heterocycles. The summed E-state index contributed by atoms with van der Waals surface area (Å²) < 4.78 is 0. The van der Waals surface area contributed by atoms with Gasteiger partial charge in [0.15, 0.2) is 0 Å². The quantitative estimate of drug-likeness (QED) is 0.394. The molecule has 1 N–H and O–H groups in total. The lowest BCUT2D eigenvalue weighted by molar-refractivity contribution is 0.317. The SMILES string of the molecule is C/C(Cc1ccccn1)=N/O. The summed E-state index contributed by atoms with van der Waals surface area (Å²) in [5, 5.41) is 11.4. The van der Waals surface area contributed by atoms with Crippen LogP contribution in [-0.2, 0) is 6.42 Å². The van der Waals surface area contributed by atoms with Gasteiger partial charge in [0, 0.05) is 18.3 Å². The van der Waals surface area contributed by atoms with Crippen molar-refractivity contribution >= 4 is 5.71 Å². The minimum Gasteiger partial charge on any atom is -0.411 e. The summed E-state index contributed by atoms with van der Waals surface area (Å²) in [4.78, 5) is 4.07. The Morgan fingerprint density at radius 2 is 2.45 bits per heavy atom. The van der Waals surface area contributed by atoms with Crippen molar-refractivity contribution in [3.05, 3.63) is 30.1 Å². The van der Waals surface area contributed by atoms with E-state index in [2.05, 4.69) is 10.1 Å². The maximum absolute atomic E-state index is 8.36. The van der Waals surface area contributed by atoms with Crippen LogP contribution in [0.2, 0.25) is 0 Å². The fourth-order valence-corrected chi connectivity index (χ4v) is 0.800. The highest BCUT2D eigenvalue weighted by molar-refractivity contribution is 5.83. The van der Waals surface area contributed by atoms with Gasteiger partial charge in [-0.25, -0.2) is 0 Å². The third-order valence-electron chi connectivity index (χ3n) is 1.33. The summed E-state index contributed by atoms with van der Waals surface area (Å²) in [5.41, 5.74) is 1.59. The molecule has 58 valence electrons. The highest BCUT2D eigenvalue weighted by Gasteiger charge is 1.94. The van der Waals surface area contributed by atoms with Crippen molar-refractivity contribution in [1.29, 1.82) is 0 Å². The number of pyridine rings is 1. The second-order valence-electron chi connectivity index (χ2n) is 2.33. The van der Waals surface area contributed by atoms with Crippen LogP contribution >= 0.6 is 0 Å². The average molecular weight is 150 g/mol. The van der Waals surface area contributed by atoms with E-state index in [1.165, 1.54) is 0 Å². The van der Waals surface area contributed by atoms with Crippen molar-refractivity contribution in [2.45, 2.75) is 13.3 Å². The van der Waals surface area contributed by atoms with E-state index in [9.17, 15) is 0 Å². The van der Waals surface area contributed by atoms with E-state index in [0.29, 0.717) is 12.1 Å². The van der Waals surface area contributed by atoms with Crippen LogP contribution < -0.4 is 0 Å². The lowest BCUT2D eigenvalue weighted by atomic mass is 10.2. The summed E-state index contributed by atoms with van der Waals surface area (Å²) >= 11 is 0. The summed E-state index contributed by atoms with van der Waals surface area (Å²) in [6.45, 7) is 1.76. The lowest BCUT2D eigenvalue weighted by Gasteiger charge is -1.95. The maximum Gasteiger partial charge on any atom is 0.0599 e. The summed E-state index contributed by atoms with van der Waals surface area (Å²) in [6, 6.07) is 5.66. The highest BCUT2D eigenvalue weighted by Crippen LogP contribution is 1.95. The Hall–Kier alpha value is -1.38. The lowest BCUT2D eigenvalue weighted by Crippen LogP contribution is -1.98. The van der Waals surface area contributed by atoms with E-state index in [4.69, 9.17) is 5.21 Å². The van der Waals surface area contributed by atoms with Gasteiger partial charge in [-0.2, -0.15) is 0 Å². The van der Waals surface area contributed by atoms with E-state index in [0.717, 1.165) is 5.69 Å². The summed E-state index contributed by atoms with van der Waals surface area (Å²) in [6.07, 6.45) is 2.33. The van der Waals surface area contributed by atoms with E-state index < -0.39 is 0 Å². The predicted octanol–water partition coefficient (Wildman–Crippen LogP) is 1.47. The minimum atomic E-state index is 0.608. The Bertz CT molecular complexity index is 244. The molecule has 0 aliphatic rings. The van der Waals surface area contributed by atoms with Crippen LogP contribution in [0.3, 0.4) is 0 Å². The maximum atomic E-state index is 8.36. The van der Waals surface area contributed by atoms with Gasteiger partial charge in [-0.05, 0) is 19.1 Å². The number of rotatable bonds is 2. The molecule has 0 spiro atoms. The molecular formula is C8H10N2O. The first-order chi connectivity index (χ1) is 5.33. The Kier molecular flexibility index (Phi) is 2.60. The zero-order valence-electron chi connectivity index (χ0n) is 6.36. The molecule has 0 bridgehead atoms. The van der Waals surface area contributed by atoms with Crippen LogP contribution in [0.4, 0.5) is 0 Å². The third-order valence-corrected chi connectivity index (χ3v) is 1.33. The Labute approximate surface area is 65.4 Å². The fraction of sp³-hybridized carbons (Fsp3) is 0.250.